The van der Waals surface area contributed by atoms with Crippen LogP contribution < -0.4 is 5.32 Å². The Kier molecular flexibility index (Phi) is 4.11. The maximum absolute atomic E-state index is 13.0. The minimum atomic E-state index is -0.326. The molecule has 1 aromatic carbocycles. The molecular weight excluding hydrogens is 352 g/mol. The van der Waals surface area contributed by atoms with Gasteiger partial charge in [-0.05, 0) is 34.7 Å². The number of rotatable bonds is 2. The SMILES string of the molecule is O=C(CBr)Nc1cccc(F)c1I. The van der Waals surface area contributed by atoms with Gasteiger partial charge in [-0.25, -0.2) is 4.39 Å². The first kappa shape index (κ1) is 10.9. The van der Waals surface area contributed by atoms with Crippen molar-refractivity contribution in [3.05, 3.63) is 27.6 Å². The number of hydrogen-bond donors (Lipinski definition) is 1. The molecule has 0 unspecified atom stereocenters. The number of carbonyl (C=O) groups excluding carboxylic acids is 1. The lowest BCUT2D eigenvalue weighted by Crippen LogP contribution is -2.13. The number of benzene rings is 1. The van der Waals surface area contributed by atoms with Gasteiger partial charge in [-0.15, -0.1) is 0 Å². The summed E-state index contributed by atoms with van der Waals surface area (Å²) in [4.78, 5) is 11.0. The van der Waals surface area contributed by atoms with Gasteiger partial charge in [0.05, 0.1) is 14.6 Å². The Hall–Kier alpha value is -0.170. The van der Waals surface area contributed by atoms with Crippen LogP contribution in [0.2, 0.25) is 0 Å². The van der Waals surface area contributed by atoms with Crippen LogP contribution in [0.4, 0.5) is 10.1 Å². The smallest absolute Gasteiger partial charge is 0.235 e. The molecule has 0 heterocycles. The lowest BCUT2D eigenvalue weighted by atomic mass is 10.3. The van der Waals surface area contributed by atoms with Crippen LogP contribution in [0.3, 0.4) is 0 Å². The lowest BCUT2D eigenvalue weighted by molar-refractivity contribution is -0.113. The van der Waals surface area contributed by atoms with Crippen LogP contribution in [-0.4, -0.2) is 11.2 Å². The topological polar surface area (TPSA) is 29.1 Å². The van der Waals surface area contributed by atoms with Crippen molar-refractivity contribution in [1.82, 2.24) is 0 Å². The molecular formula is C8H6BrFINO. The second-order valence-electron chi connectivity index (χ2n) is 2.28. The first-order chi connectivity index (χ1) is 6.15. The average Bonchev–Trinajstić information content (AvgIpc) is 2.13. The van der Waals surface area contributed by atoms with Gasteiger partial charge in [0.15, 0.2) is 0 Å². The largest absolute Gasteiger partial charge is 0.324 e. The molecule has 0 aliphatic rings. The van der Waals surface area contributed by atoms with Crippen molar-refractivity contribution < 1.29 is 9.18 Å². The average molecular weight is 358 g/mol. The fourth-order valence-electron chi connectivity index (χ4n) is 0.784. The lowest BCUT2D eigenvalue weighted by Gasteiger charge is -2.05. The molecule has 0 spiro atoms. The number of alkyl halides is 1. The summed E-state index contributed by atoms with van der Waals surface area (Å²) in [5.41, 5.74) is 0.505. The van der Waals surface area contributed by atoms with Crippen LogP contribution in [0.1, 0.15) is 0 Å². The molecule has 1 N–H and O–H groups in total. The van der Waals surface area contributed by atoms with Gasteiger partial charge in [0.1, 0.15) is 5.82 Å². The molecule has 0 aliphatic heterocycles. The second kappa shape index (κ2) is 4.90. The highest BCUT2D eigenvalue weighted by atomic mass is 127. The van der Waals surface area contributed by atoms with Crippen LogP contribution in [-0.2, 0) is 4.79 Å². The summed E-state index contributed by atoms with van der Waals surface area (Å²) in [6, 6.07) is 4.57. The zero-order valence-electron chi connectivity index (χ0n) is 6.48. The molecule has 13 heavy (non-hydrogen) atoms. The molecule has 1 rings (SSSR count). The number of hydrogen-bond acceptors (Lipinski definition) is 1. The molecule has 0 saturated carbocycles. The maximum atomic E-state index is 13.0. The van der Waals surface area contributed by atoms with Crippen molar-refractivity contribution in [3.8, 4) is 0 Å². The first-order valence-electron chi connectivity index (χ1n) is 3.45. The molecule has 1 amide bonds. The molecule has 0 aliphatic carbocycles. The zero-order chi connectivity index (χ0) is 9.84. The highest BCUT2D eigenvalue weighted by Crippen LogP contribution is 2.20. The summed E-state index contributed by atoms with van der Waals surface area (Å²) < 4.78 is 13.4. The van der Waals surface area contributed by atoms with Gasteiger partial charge < -0.3 is 5.32 Å². The van der Waals surface area contributed by atoms with Gasteiger partial charge in [-0.2, -0.15) is 0 Å². The van der Waals surface area contributed by atoms with Gasteiger partial charge in [-0.3, -0.25) is 4.79 Å². The monoisotopic (exact) mass is 357 g/mol. The minimum absolute atomic E-state index is 0.191. The number of nitrogens with one attached hydrogen (secondary N) is 1. The van der Waals surface area contributed by atoms with Crippen molar-refractivity contribution in [2.45, 2.75) is 0 Å². The van der Waals surface area contributed by atoms with E-state index in [0.717, 1.165) is 0 Å². The molecule has 2 nitrogen and oxygen atoms in total. The van der Waals surface area contributed by atoms with Crippen molar-refractivity contribution >= 4 is 50.1 Å². The van der Waals surface area contributed by atoms with Crippen LogP contribution in [0.25, 0.3) is 0 Å². The third-order valence-corrected chi connectivity index (χ3v) is 2.95. The minimum Gasteiger partial charge on any atom is -0.324 e. The van der Waals surface area contributed by atoms with Crippen LogP contribution in [0, 0.1) is 9.39 Å². The number of amides is 1. The van der Waals surface area contributed by atoms with Crippen molar-refractivity contribution in [2.24, 2.45) is 0 Å². The normalized spacial score (nSPS) is 9.77. The van der Waals surface area contributed by atoms with E-state index in [0.29, 0.717) is 9.26 Å². The molecule has 0 radical (unpaired) electrons. The Labute approximate surface area is 97.2 Å². The van der Waals surface area contributed by atoms with E-state index < -0.39 is 0 Å². The van der Waals surface area contributed by atoms with Crippen molar-refractivity contribution in [3.63, 3.8) is 0 Å². The van der Waals surface area contributed by atoms with Crippen LogP contribution in [0.15, 0.2) is 18.2 Å². The highest BCUT2D eigenvalue weighted by Gasteiger charge is 2.06. The van der Waals surface area contributed by atoms with Gasteiger partial charge >= 0.3 is 0 Å². The Balaban J connectivity index is 2.89. The third-order valence-electron chi connectivity index (χ3n) is 1.35. The van der Waals surface area contributed by atoms with E-state index in [4.69, 9.17) is 0 Å². The summed E-state index contributed by atoms with van der Waals surface area (Å²) in [7, 11) is 0. The predicted octanol–water partition coefficient (Wildman–Crippen LogP) is 2.76. The number of anilines is 1. The van der Waals surface area contributed by atoms with Crippen molar-refractivity contribution in [2.75, 3.05) is 10.6 Å². The molecule has 5 heteroatoms. The zero-order valence-corrected chi connectivity index (χ0v) is 10.2. The second-order valence-corrected chi connectivity index (χ2v) is 3.92. The van der Waals surface area contributed by atoms with Crippen LogP contribution >= 0.6 is 38.5 Å². The number of halogens is 3. The molecule has 70 valence electrons. The maximum Gasteiger partial charge on any atom is 0.235 e. The van der Waals surface area contributed by atoms with Crippen molar-refractivity contribution in [1.29, 1.82) is 0 Å². The summed E-state index contributed by atoms with van der Waals surface area (Å²) in [5.74, 6) is -0.517. The van der Waals surface area contributed by atoms with Gasteiger partial charge in [0.2, 0.25) is 5.91 Å². The molecule has 0 atom stereocenters. The van der Waals surface area contributed by atoms with E-state index in [-0.39, 0.29) is 17.1 Å². The number of carbonyl (C=O) groups is 1. The first-order valence-corrected chi connectivity index (χ1v) is 5.65. The van der Waals surface area contributed by atoms with E-state index in [2.05, 4.69) is 21.2 Å². The quantitative estimate of drug-likeness (QED) is 0.640. The Morgan fingerprint density at radius 3 is 2.92 bits per heavy atom. The Morgan fingerprint density at radius 2 is 2.31 bits per heavy atom. The predicted molar refractivity (Wildman–Crippen MR) is 61.5 cm³/mol. The summed E-state index contributed by atoms with van der Waals surface area (Å²) in [6.07, 6.45) is 0. The van der Waals surface area contributed by atoms with E-state index in [9.17, 15) is 9.18 Å². The summed E-state index contributed by atoms with van der Waals surface area (Å²) in [5, 5.41) is 2.78. The molecule has 0 saturated heterocycles. The molecule has 1 aromatic rings. The van der Waals surface area contributed by atoms with Crippen LogP contribution in [0.5, 0.6) is 0 Å². The van der Waals surface area contributed by atoms with Gasteiger partial charge in [0, 0.05) is 0 Å². The standard InChI is InChI=1S/C8H6BrFINO/c9-4-7(13)12-6-3-1-2-5(10)8(6)11/h1-3H,4H2,(H,12,13). The van der Waals surface area contributed by atoms with Gasteiger partial charge in [0.25, 0.3) is 0 Å². The molecule has 0 aromatic heterocycles. The van der Waals surface area contributed by atoms with E-state index >= 15 is 0 Å². The molecule has 0 fully saturated rings. The summed E-state index contributed by atoms with van der Waals surface area (Å²) in [6.45, 7) is 0. The van der Waals surface area contributed by atoms with E-state index in [1.165, 1.54) is 6.07 Å². The third kappa shape index (κ3) is 2.91. The van der Waals surface area contributed by atoms with E-state index in [1.807, 2.05) is 22.6 Å². The molecule has 0 bridgehead atoms. The van der Waals surface area contributed by atoms with Gasteiger partial charge in [-0.1, -0.05) is 22.0 Å². The fraction of sp³-hybridized carbons (Fsp3) is 0.125. The highest BCUT2D eigenvalue weighted by molar-refractivity contribution is 14.1. The Bertz CT molecular complexity index is 332. The fourth-order valence-corrected chi connectivity index (χ4v) is 1.42. The Morgan fingerprint density at radius 1 is 1.62 bits per heavy atom. The summed E-state index contributed by atoms with van der Waals surface area (Å²) >= 11 is 4.86. The van der Waals surface area contributed by atoms with E-state index in [1.54, 1.807) is 12.1 Å².